The van der Waals surface area contributed by atoms with Crippen molar-refractivity contribution in [1.82, 2.24) is 19.6 Å². The lowest BCUT2D eigenvalue weighted by atomic mass is 10.0. The molecule has 0 saturated heterocycles. The summed E-state index contributed by atoms with van der Waals surface area (Å²) in [5.41, 5.74) is 5.17. The predicted molar refractivity (Wildman–Crippen MR) is 193 cm³/mol. The van der Waals surface area contributed by atoms with Gasteiger partial charge in [0.2, 0.25) is 0 Å². The van der Waals surface area contributed by atoms with Crippen LogP contribution in [0.4, 0.5) is 15.3 Å². The number of para-hydroxylation sites is 1. The number of aryl methyl sites for hydroxylation is 1. The van der Waals surface area contributed by atoms with E-state index in [1.165, 1.54) is 12.1 Å². The zero-order chi connectivity index (χ0) is 34.8. The van der Waals surface area contributed by atoms with Crippen LogP contribution in [-0.4, -0.2) is 43.7 Å². The van der Waals surface area contributed by atoms with Crippen molar-refractivity contribution in [3.05, 3.63) is 108 Å². The molecular weight excluding hydrogens is 639 g/mol. The van der Waals surface area contributed by atoms with Gasteiger partial charge in [-0.25, -0.2) is 27.7 Å². The molecule has 256 valence electrons. The van der Waals surface area contributed by atoms with Crippen LogP contribution in [0.5, 0.6) is 5.75 Å². The number of hydrogen-bond donors (Lipinski definition) is 2. The number of ether oxygens (including phenoxy) is 1. The summed E-state index contributed by atoms with van der Waals surface area (Å²) in [6, 6.07) is 28.5. The van der Waals surface area contributed by atoms with E-state index in [2.05, 4.69) is 29.8 Å². The largest absolute Gasteiger partial charge is 0.426 e. The Morgan fingerprint density at radius 2 is 1.57 bits per heavy atom. The molecule has 5 aromatic rings. The minimum Gasteiger partial charge on any atom is -0.409 e. The average molecular weight is 682 g/mol. The Labute approximate surface area is 288 Å². The van der Waals surface area contributed by atoms with Crippen LogP contribution in [0.2, 0.25) is 0 Å². The standard InChI is InChI=1S/C38H43N5O5S/c1-4-6-13-25-42(37(44)39-3)30-23-24-33-34(26-30)43(36(40-33)18-7-5-2)27-28-19-21-29(22-20-28)32-16-11-12-17-35(32)48-38(45)41-49(46,47)31-14-9-8-10-15-31/h8-12,14-17,19-24,26H,4-7,13,18,25,27H2,1-3H3,(H,39,44)(H,41,45). The van der Waals surface area contributed by atoms with E-state index in [1.54, 1.807) is 42.3 Å². The fourth-order valence-electron chi connectivity index (χ4n) is 5.69. The number of nitrogens with one attached hydrogen (secondary N) is 2. The SMILES string of the molecule is CCCCCN(C(=O)NC)c1ccc2nc(CCCC)n(Cc3ccc(-c4ccccc4OC(=O)NS(=O)(=O)c4ccccc4)cc3)c2c1. The van der Waals surface area contributed by atoms with Crippen LogP contribution < -0.4 is 19.7 Å². The maximum Gasteiger partial charge on any atom is 0.426 e. The molecule has 4 aromatic carbocycles. The van der Waals surface area contributed by atoms with E-state index in [4.69, 9.17) is 9.72 Å². The second-order valence-corrected chi connectivity index (χ2v) is 13.5. The summed E-state index contributed by atoms with van der Waals surface area (Å²) < 4.78 is 35.0. The van der Waals surface area contributed by atoms with Gasteiger partial charge in [-0.2, -0.15) is 0 Å². The smallest absolute Gasteiger partial charge is 0.409 e. The van der Waals surface area contributed by atoms with Gasteiger partial charge >= 0.3 is 12.1 Å². The Morgan fingerprint density at radius 3 is 2.29 bits per heavy atom. The van der Waals surface area contributed by atoms with Crippen molar-refractivity contribution in [2.75, 3.05) is 18.5 Å². The van der Waals surface area contributed by atoms with Gasteiger partial charge in [-0.15, -0.1) is 0 Å². The number of imidazole rings is 1. The molecule has 0 bridgehead atoms. The first-order valence-electron chi connectivity index (χ1n) is 16.7. The van der Waals surface area contributed by atoms with Crippen molar-refractivity contribution in [3.63, 3.8) is 0 Å². The van der Waals surface area contributed by atoms with Gasteiger partial charge in [-0.3, -0.25) is 4.90 Å². The molecule has 49 heavy (non-hydrogen) atoms. The number of carbonyl (C=O) groups excluding carboxylic acids is 2. The van der Waals surface area contributed by atoms with E-state index in [0.717, 1.165) is 72.2 Å². The Balaban J connectivity index is 1.39. The fraction of sp³-hybridized carbons (Fsp3) is 0.289. The number of aromatic nitrogens is 2. The van der Waals surface area contributed by atoms with E-state index in [9.17, 15) is 18.0 Å². The van der Waals surface area contributed by atoms with Crippen molar-refractivity contribution in [3.8, 4) is 16.9 Å². The fourth-order valence-corrected chi connectivity index (χ4v) is 6.58. The lowest BCUT2D eigenvalue weighted by Crippen LogP contribution is -2.38. The Bertz CT molecular complexity index is 1990. The van der Waals surface area contributed by atoms with Crippen molar-refractivity contribution in [2.45, 2.75) is 63.8 Å². The molecule has 0 aliphatic carbocycles. The number of benzene rings is 4. The third kappa shape index (κ3) is 8.66. The summed E-state index contributed by atoms with van der Waals surface area (Å²) in [5, 5.41) is 2.78. The molecule has 3 amide bonds. The average Bonchev–Trinajstić information content (AvgIpc) is 3.45. The number of amides is 3. The van der Waals surface area contributed by atoms with Crippen molar-refractivity contribution < 1.29 is 22.7 Å². The molecule has 0 saturated carbocycles. The summed E-state index contributed by atoms with van der Waals surface area (Å²) in [6.45, 7) is 5.52. The molecule has 0 aliphatic heterocycles. The molecule has 11 heteroatoms. The Kier molecular flexibility index (Phi) is 11.7. The number of nitrogens with zero attached hydrogens (tertiary/aromatic N) is 3. The number of urea groups is 1. The van der Waals surface area contributed by atoms with Gasteiger partial charge in [0.15, 0.2) is 0 Å². The molecule has 10 nitrogen and oxygen atoms in total. The van der Waals surface area contributed by atoms with Gasteiger partial charge in [0.05, 0.1) is 15.9 Å². The van der Waals surface area contributed by atoms with Crippen LogP contribution in [-0.2, 0) is 23.0 Å². The molecule has 2 N–H and O–H groups in total. The van der Waals surface area contributed by atoms with Crippen molar-refractivity contribution >= 4 is 38.9 Å². The molecule has 0 aliphatic rings. The highest BCUT2D eigenvalue weighted by Crippen LogP contribution is 2.31. The lowest BCUT2D eigenvalue weighted by molar-refractivity contribution is 0.207. The second kappa shape index (κ2) is 16.3. The first kappa shape index (κ1) is 35.2. The Hall–Kier alpha value is -5.16. The molecule has 1 heterocycles. The number of sulfonamides is 1. The van der Waals surface area contributed by atoms with Gasteiger partial charge in [0.25, 0.3) is 10.0 Å². The lowest BCUT2D eigenvalue weighted by Gasteiger charge is -2.22. The number of carbonyl (C=O) groups is 2. The van der Waals surface area contributed by atoms with E-state index < -0.39 is 16.1 Å². The quantitative estimate of drug-likeness (QED) is 0.115. The maximum absolute atomic E-state index is 12.9. The number of fused-ring (bicyclic) bond motifs is 1. The van der Waals surface area contributed by atoms with Crippen LogP contribution in [0.1, 0.15) is 57.3 Å². The van der Waals surface area contributed by atoms with Gasteiger partial charge in [-0.05, 0) is 60.4 Å². The molecule has 5 rings (SSSR count). The van der Waals surface area contributed by atoms with Crippen LogP contribution in [0.25, 0.3) is 22.2 Å². The molecule has 1 aromatic heterocycles. The molecule has 0 spiro atoms. The van der Waals surface area contributed by atoms with Crippen LogP contribution in [0.3, 0.4) is 0 Å². The van der Waals surface area contributed by atoms with Crippen molar-refractivity contribution in [2.24, 2.45) is 0 Å². The summed E-state index contributed by atoms with van der Waals surface area (Å²) in [6.07, 6.45) is 4.82. The van der Waals surface area contributed by atoms with Gasteiger partial charge in [0.1, 0.15) is 11.6 Å². The first-order valence-corrected chi connectivity index (χ1v) is 18.2. The monoisotopic (exact) mass is 681 g/mol. The molecule has 0 unspecified atom stereocenters. The zero-order valence-corrected chi connectivity index (χ0v) is 29.0. The Morgan fingerprint density at radius 1 is 0.857 bits per heavy atom. The van der Waals surface area contributed by atoms with Crippen LogP contribution >= 0.6 is 0 Å². The maximum atomic E-state index is 12.9. The van der Waals surface area contributed by atoms with Crippen molar-refractivity contribution in [1.29, 1.82) is 0 Å². The van der Waals surface area contributed by atoms with E-state index in [0.29, 0.717) is 18.7 Å². The molecule has 0 atom stereocenters. The minimum absolute atomic E-state index is 0.0358. The van der Waals surface area contributed by atoms with Gasteiger partial charge < -0.3 is 14.6 Å². The molecule has 0 fully saturated rings. The zero-order valence-electron chi connectivity index (χ0n) is 28.2. The second-order valence-electron chi connectivity index (χ2n) is 11.8. The molecular formula is C38H43N5O5S. The highest BCUT2D eigenvalue weighted by atomic mass is 32.2. The number of anilines is 1. The van der Waals surface area contributed by atoms with Crippen LogP contribution in [0, 0.1) is 0 Å². The highest BCUT2D eigenvalue weighted by molar-refractivity contribution is 7.90. The highest BCUT2D eigenvalue weighted by Gasteiger charge is 2.21. The summed E-state index contributed by atoms with van der Waals surface area (Å²) in [4.78, 5) is 32.3. The number of hydrogen-bond acceptors (Lipinski definition) is 6. The van der Waals surface area contributed by atoms with Gasteiger partial charge in [-0.1, -0.05) is 93.8 Å². The van der Waals surface area contributed by atoms with Gasteiger partial charge in [0, 0.05) is 37.8 Å². The summed E-state index contributed by atoms with van der Waals surface area (Å²) >= 11 is 0. The topological polar surface area (TPSA) is 123 Å². The predicted octanol–water partition coefficient (Wildman–Crippen LogP) is 7.91. The third-order valence-electron chi connectivity index (χ3n) is 8.29. The normalized spacial score (nSPS) is 11.3. The summed E-state index contributed by atoms with van der Waals surface area (Å²) in [5.74, 6) is 1.22. The number of rotatable bonds is 14. The van der Waals surface area contributed by atoms with Crippen LogP contribution in [0.15, 0.2) is 102 Å². The van der Waals surface area contributed by atoms with E-state index in [1.807, 2.05) is 53.3 Å². The minimum atomic E-state index is -4.09. The number of unbranched alkanes of at least 4 members (excludes halogenated alkanes) is 3. The molecule has 0 radical (unpaired) electrons. The summed E-state index contributed by atoms with van der Waals surface area (Å²) in [7, 11) is -2.43. The third-order valence-corrected chi connectivity index (χ3v) is 9.62. The van der Waals surface area contributed by atoms with E-state index >= 15 is 0 Å². The van der Waals surface area contributed by atoms with E-state index in [-0.39, 0.29) is 16.7 Å². The first-order chi connectivity index (χ1) is 23.7.